The lowest BCUT2D eigenvalue weighted by Gasteiger charge is -2.10. The molecular formula is C15H18N2O4S. The zero-order chi connectivity index (χ0) is 16.2. The highest BCUT2D eigenvalue weighted by Gasteiger charge is 2.07. The maximum absolute atomic E-state index is 11.2. The summed E-state index contributed by atoms with van der Waals surface area (Å²) in [7, 11) is -0.475. The molecule has 0 spiro atoms. The summed E-state index contributed by atoms with van der Waals surface area (Å²) < 4.78 is 32.8. The van der Waals surface area contributed by atoms with Crippen LogP contribution in [-0.2, 0) is 16.6 Å². The van der Waals surface area contributed by atoms with Crippen molar-refractivity contribution in [3.8, 4) is 11.5 Å². The molecule has 0 saturated carbocycles. The Hall–Kier alpha value is -2.25. The molecule has 2 aromatic rings. The molecule has 2 rings (SSSR count). The highest BCUT2D eigenvalue weighted by atomic mass is 32.2. The van der Waals surface area contributed by atoms with Crippen molar-refractivity contribution >= 4 is 15.7 Å². The number of rotatable bonds is 6. The third-order valence-corrected chi connectivity index (χ3v) is 4.02. The second kappa shape index (κ2) is 6.67. The molecule has 118 valence electrons. The number of anilines is 1. The summed E-state index contributed by atoms with van der Waals surface area (Å²) in [4.78, 5) is 0.0844. The average Bonchev–Trinajstić information content (AvgIpc) is 2.52. The molecular weight excluding hydrogens is 304 g/mol. The van der Waals surface area contributed by atoms with E-state index < -0.39 is 10.0 Å². The molecule has 0 radical (unpaired) electrons. The Bertz CT molecular complexity index is 720. The highest BCUT2D eigenvalue weighted by Crippen LogP contribution is 2.23. The Morgan fingerprint density at radius 3 is 2.00 bits per heavy atom. The number of hydrogen-bond donors (Lipinski definition) is 2. The first-order valence-electron chi connectivity index (χ1n) is 6.51. The molecule has 7 heteroatoms. The van der Waals surface area contributed by atoms with Crippen LogP contribution >= 0.6 is 0 Å². The number of nitrogens with one attached hydrogen (secondary N) is 1. The van der Waals surface area contributed by atoms with E-state index in [1.54, 1.807) is 32.4 Å². The summed E-state index contributed by atoms with van der Waals surface area (Å²) in [5.74, 6) is 1.42. The zero-order valence-corrected chi connectivity index (χ0v) is 13.2. The molecule has 2 aromatic carbocycles. The van der Waals surface area contributed by atoms with Crippen molar-refractivity contribution in [2.24, 2.45) is 5.14 Å². The first-order chi connectivity index (χ1) is 10.4. The van der Waals surface area contributed by atoms with E-state index in [1.165, 1.54) is 12.1 Å². The van der Waals surface area contributed by atoms with Gasteiger partial charge in [0.15, 0.2) is 0 Å². The van der Waals surface area contributed by atoms with E-state index in [2.05, 4.69) is 5.32 Å². The van der Waals surface area contributed by atoms with Crippen molar-refractivity contribution in [1.29, 1.82) is 0 Å². The Labute approximate surface area is 129 Å². The lowest BCUT2D eigenvalue weighted by Crippen LogP contribution is -2.12. The van der Waals surface area contributed by atoms with Crippen LogP contribution in [0.15, 0.2) is 47.4 Å². The zero-order valence-electron chi connectivity index (χ0n) is 12.4. The first-order valence-corrected chi connectivity index (χ1v) is 8.05. The van der Waals surface area contributed by atoms with Gasteiger partial charge in [0, 0.05) is 18.3 Å². The third-order valence-electron chi connectivity index (χ3n) is 3.09. The summed E-state index contributed by atoms with van der Waals surface area (Å²) >= 11 is 0. The Balaban J connectivity index is 2.10. The fourth-order valence-corrected chi connectivity index (χ4v) is 2.45. The van der Waals surface area contributed by atoms with E-state index in [9.17, 15) is 8.42 Å². The van der Waals surface area contributed by atoms with Gasteiger partial charge < -0.3 is 14.8 Å². The van der Waals surface area contributed by atoms with Crippen LogP contribution in [0.2, 0.25) is 0 Å². The fourth-order valence-electron chi connectivity index (χ4n) is 1.94. The minimum absolute atomic E-state index is 0.0844. The van der Waals surface area contributed by atoms with E-state index in [1.807, 2.05) is 12.1 Å². The van der Waals surface area contributed by atoms with Crippen molar-refractivity contribution in [3.05, 3.63) is 48.0 Å². The molecule has 0 bridgehead atoms. The van der Waals surface area contributed by atoms with Crippen LogP contribution in [0.1, 0.15) is 5.56 Å². The van der Waals surface area contributed by atoms with Gasteiger partial charge in [0.25, 0.3) is 0 Å². The molecule has 6 nitrogen and oxygen atoms in total. The summed E-state index contributed by atoms with van der Waals surface area (Å²) in [5, 5.41) is 8.26. The van der Waals surface area contributed by atoms with Crippen molar-refractivity contribution in [2.45, 2.75) is 11.4 Å². The number of sulfonamides is 1. The van der Waals surface area contributed by atoms with Crippen LogP contribution in [0.4, 0.5) is 5.69 Å². The standard InChI is InChI=1S/C15H18N2O4S/c1-20-13-7-11(8-14(9-13)21-2)10-17-12-3-5-15(6-4-12)22(16,18)19/h3-9,17H,10H2,1-2H3,(H2,16,18,19). The Kier molecular flexibility index (Phi) is 4.89. The van der Waals surface area contributed by atoms with Gasteiger partial charge in [-0.05, 0) is 42.0 Å². The average molecular weight is 322 g/mol. The smallest absolute Gasteiger partial charge is 0.238 e. The van der Waals surface area contributed by atoms with Gasteiger partial charge in [0.05, 0.1) is 19.1 Å². The maximum atomic E-state index is 11.2. The summed E-state index contributed by atoms with van der Waals surface area (Å²) in [6, 6.07) is 11.8. The van der Waals surface area contributed by atoms with Crippen LogP contribution in [0.5, 0.6) is 11.5 Å². The SMILES string of the molecule is COc1cc(CNc2ccc(S(N)(=O)=O)cc2)cc(OC)c1. The monoisotopic (exact) mass is 322 g/mol. The third kappa shape index (κ3) is 4.12. The lowest BCUT2D eigenvalue weighted by atomic mass is 10.2. The van der Waals surface area contributed by atoms with E-state index in [-0.39, 0.29) is 4.90 Å². The molecule has 0 atom stereocenters. The minimum atomic E-state index is -3.67. The van der Waals surface area contributed by atoms with Gasteiger partial charge in [-0.1, -0.05) is 0 Å². The maximum Gasteiger partial charge on any atom is 0.238 e. The molecule has 0 aliphatic rings. The van der Waals surface area contributed by atoms with Crippen LogP contribution in [0.25, 0.3) is 0 Å². The number of benzene rings is 2. The molecule has 0 fully saturated rings. The largest absolute Gasteiger partial charge is 0.497 e. The molecule has 0 amide bonds. The van der Waals surface area contributed by atoms with Gasteiger partial charge in [-0.3, -0.25) is 0 Å². The van der Waals surface area contributed by atoms with Gasteiger partial charge in [-0.2, -0.15) is 0 Å². The van der Waals surface area contributed by atoms with Gasteiger partial charge in [0.1, 0.15) is 11.5 Å². The molecule has 0 aliphatic heterocycles. The molecule has 22 heavy (non-hydrogen) atoms. The predicted molar refractivity (Wildman–Crippen MR) is 84.7 cm³/mol. The molecule has 0 saturated heterocycles. The molecule has 0 aliphatic carbocycles. The first kappa shape index (κ1) is 16.1. The quantitative estimate of drug-likeness (QED) is 0.848. The summed E-state index contributed by atoms with van der Waals surface area (Å²) in [6.07, 6.45) is 0. The lowest BCUT2D eigenvalue weighted by molar-refractivity contribution is 0.393. The van der Waals surface area contributed by atoms with Crippen molar-refractivity contribution < 1.29 is 17.9 Å². The van der Waals surface area contributed by atoms with E-state index in [0.717, 1.165) is 11.3 Å². The number of nitrogens with two attached hydrogens (primary N) is 1. The van der Waals surface area contributed by atoms with Crippen molar-refractivity contribution in [1.82, 2.24) is 0 Å². The van der Waals surface area contributed by atoms with Crippen molar-refractivity contribution in [3.63, 3.8) is 0 Å². The topological polar surface area (TPSA) is 90.6 Å². The fraction of sp³-hybridized carbons (Fsp3) is 0.200. The number of methoxy groups -OCH3 is 2. The second-order valence-electron chi connectivity index (χ2n) is 4.64. The van der Waals surface area contributed by atoms with Crippen LogP contribution in [-0.4, -0.2) is 22.6 Å². The predicted octanol–water partition coefficient (Wildman–Crippen LogP) is 1.96. The van der Waals surface area contributed by atoms with Crippen LogP contribution < -0.4 is 19.9 Å². The van der Waals surface area contributed by atoms with E-state index >= 15 is 0 Å². The molecule has 3 N–H and O–H groups in total. The highest BCUT2D eigenvalue weighted by molar-refractivity contribution is 7.89. The normalized spacial score (nSPS) is 11.0. The molecule has 0 aromatic heterocycles. The second-order valence-corrected chi connectivity index (χ2v) is 6.21. The van der Waals surface area contributed by atoms with Gasteiger partial charge in [0.2, 0.25) is 10.0 Å². The van der Waals surface area contributed by atoms with Crippen molar-refractivity contribution in [2.75, 3.05) is 19.5 Å². The van der Waals surface area contributed by atoms with Crippen LogP contribution in [0, 0.1) is 0 Å². The number of ether oxygens (including phenoxy) is 2. The Morgan fingerprint density at radius 2 is 1.55 bits per heavy atom. The molecule has 0 unspecified atom stereocenters. The Morgan fingerprint density at radius 1 is 1.00 bits per heavy atom. The number of hydrogen-bond acceptors (Lipinski definition) is 5. The minimum Gasteiger partial charge on any atom is -0.497 e. The van der Waals surface area contributed by atoms with Crippen LogP contribution in [0.3, 0.4) is 0 Å². The van der Waals surface area contributed by atoms with E-state index in [0.29, 0.717) is 18.0 Å². The van der Waals surface area contributed by atoms with E-state index in [4.69, 9.17) is 14.6 Å². The molecule has 0 heterocycles. The summed E-state index contributed by atoms with van der Waals surface area (Å²) in [6.45, 7) is 0.544. The summed E-state index contributed by atoms with van der Waals surface area (Å²) in [5.41, 5.74) is 1.76. The van der Waals surface area contributed by atoms with Gasteiger partial charge in [-0.15, -0.1) is 0 Å². The van der Waals surface area contributed by atoms with Gasteiger partial charge in [-0.25, -0.2) is 13.6 Å². The van der Waals surface area contributed by atoms with Gasteiger partial charge >= 0.3 is 0 Å². The number of primary sulfonamides is 1.